The average molecular weight is 515 g/mol. The SMILES string of the molecule is C=CC(=O)Nc1cccc(C(=O)N[C@H]2CC[C@H](Nc3ncc(Cl)c(-c4c[nH]c5ccccc45)n3)CC2)c1. The number of nitrogens with zero attached hydrogens (tertiary/aromatic N) is 2. The number of hydrogen-bond acceptors (Lipinski definition) is 5. The molecular formula is C28H27ClN6O2. The molecule has 5 rings (SSSR count). The molecule has 188 valence electrons. The van der Waals surface area contributed by atoms with E-state index in [0.29, 0.717) is 27.9 Å². The highest BCUT2D eigenvalue weighted by Gasteiger charge is 2.24. The van der Waals surface area contributed by atoms with E-state index in [1.165, 1.54) is 6.08 Å². The summed E-state index contributed by atoms with van der Waals surface area (Å²) in [5.41, 5.74) is 3.70. The Morgan fingerprint density at radius 1 is 1.05 bits per heavy atom. The Hall–Kier alpha value is -4.17. The maximum Gasteiger partial charge on any atom is 0.251 e. The third-order valence-corrected chi connectivity index (χ3v) is 6.84. The number of benzene rings is 2. The molecule has 8 nitrogen and oxygen atoms in total. The van der Waals surface area contributed by atoms with Crippen molar-refractivity contribution in [2.75, 3.05) is 10.6 Å². The van der Waals surface area contributed by atoms with Crippen molar-refractivity contribution >= 4 is 46.0 Å². The van der Waals surface area contributed by atoms with Crippen LogP contribution in [0.5, 0.6) is 0 Å². The summed E-state index contributed by atoms with van der Waals surface area (Å²) in [4.78, 5) is 36.7. The lowest BCUT2D eigenvalue weighted by Crippen LogP contribution is -2.40. The summed E-state index contributed by atoms with van der Waals surface area (Å²) < 4.78 is 0. The Morgan fingerprint density at radius 3 is 2.65 bits per heavy atom. The van der Waals surface area contributed by atoms with E-state index >= 15 is 0 Å². The van der Waals surface area contributed by atoms with Crippen LogP contribution in [0.1, 0.15) is 36.0 Å². The third-order valence-electron chi connectivity index (χ3n) is 6.56. The summed E-state index contributed by atoms with van der Waals surface area (Å²) in [6, 6.07) is 15.2. The van der Waals surface area contributed by atoms with Crippen LogP contribution in [0.15, 0.2) is 73.6 Å². The molecule has 0 atom stereocenters. The molecule has 2 aromatic carbocycles. The standard InChI is InChI=1S/C28H27ClN6O2/c1-2-25(36)32-20-7-5-6-17(14-20)27(37)33-18-10-12-19(13-11-18)34-28-31-16-23(29)26(35-28)22-15-30-24-9-4-3-8-21(22)24/h2-9,14-16,18-19,30H,1,10-13H2,(H,32,36)(H,33,37)(H,31,34,35)/t18-,19-. The molecule has 1 aliphatic rings. The summed E-state index contributed by atoms with van der Waals surface area (Å²) in [5, 5.41) is 10.8. The van der Waals surface area contributed by atoms with Crippen LogP contribution in [0.4, 0.5) is 11.6 Å². The third kappa shape index (κ3) is 5.65. The summed E-state index contributed by atoms with van der Waals surface area (Å²) in [5.74, 6) is 0.0627. The van der Waals surface area contributed by atoms with Crippen molar-refractivity contribution in [2.24, 2.45) is 0 Å². The lowest BCUT2D eigenvalue weighted by Gasteiger charge is -2.29. The summed E-state index contributed by atoms with van der Waals surface area (Å²) in [6.45, 7) is 3.44. The van der Waals surface area contributed by atoms with E-state index in [1.807, 2.05) is 30.5 Å². The fourth-order valence-corrected chi connectivity index (χ4v) is 4.85. The molecule has 1 fully saturated rings. The topological polar surface area (TPSA) is 112 Å². The van der Waals surface area contributed by atoms with Crippen LogP contribution in [0.25, 0.3) is 22.2 Å². The zero-order valence-corrected chi connectivity index (χ0v) is 20.9. The quantitative estimate of drug-likeness (QED) is 0.241. The molecule has 37 heavy (non-hydrogen) atoms. The largest absolute Gasteiger partial charge is 0.360 e. The summed E-state index contributed by atoms with van der Waals surface area (Å²) >= 11 is 6.46. The molecule has 0 saturated heterocycles. The van der Waals surface area contributed by atoms with Crippen LogP contribution in [-0.4, -0.2) is 38.8 Å². The van der Waals surface area contributed by atoms with E-state index in [4.69, 9.17) is 16.6 Å². The van der Waals surface area contributed by atoms with Gasteiger partial charge in [-0.2, -0.15) is 0 Å². The number of fused-ring (bicyclic) bond motifs is 1. The number of carbonyl (C=O) groups is 2. The van der Waals surface area contributed by atoms with E-state index in [1.54, 1.807) is 30.5 Å². The number of nitrogens with one attached hydrogen (secondary N) is 4. The second-order valence-electron chi connectivity index (χ2n) is 9.08. The number of rotatable bonds is 7. The molecule has 2 heterocycles. The Kier molecular flexibility index (Phi) is 7.18. The van der Waals surface area contributed by atoms with Crippen LogP contribution in [0, 0.1) is 0 Å². The molecule has 1 saturated carbocycles. The molecule has 2 amide bonds. The number of amides is 2. The molecule has 2 aromatic heterocycles. The van der Waals surface area contributed by atoms with Gasteiger partial charge in [0.2, 0.25) is 11.9 Å². The normalized spacial score (nSPS) is 17.2. The van der Waals surface area contributed by atoms with Gasteiger partial charge in [-0.05, 0) is 56.0 Å². The first-order valence-corrected chi connectivity index (χ1v) is 12.6. The number of hydrogen-bond donors (Lipinski definition) is 4. The maximum atomic E-state index is 12.8. The Morgan fingerprint density at radius 2 is 1.84 bits per heavy atom. The molecule has 1 aliphatic carbocycles. The molecule has 0 bridgehead atoms. The van der Waals surface area contributed by atoms with Gasteiger partial charge in [-0.1, -0.05) is 42.4 Å². The van der Waals surface area contributed by atoms with E-state index in [-0.39, 0.29) is 23.9 Å². The minimum atomic E-state index is -0.318. The van der Waals surface area contributed by atoms with Gasteiger partial charge in [0.05, 0.1) is 16.9 Å². The first-order valence-electron chi connectivity index (χ1n) is 12.2. The van der Waals surface area contributed by atoms with Crippen molar-refractivity contribution < 1.29 is 9.59 Å². The number of anilines is 2. The molecule has 0 aliphatic heterocycles. The van der Waals surface area contributed by atoms with Crippen LogP contribution in [0.3, 0.4) is 0 Å². The molecule has 0 unspecified atom stereocenters. The Labute approximate surface area is 219 Å². The van der Waals surface area contributed by atoms with Crippen molar-refractivity contribution in [1.29, 1.82) is 0 Å². The number of halogens is 1. The van der Waals surface area contributed by atoms with Crippen molar-refractivity contribution in [2.45, 2.75) is 37.8 Å². The van der Waals surface area contributed by atoms with E-state index in [0.717, 1.165) is 42.1 Å². The number of H-pyrrole nitrogens is 1. The van der Waals surface area contributed by atoms with Gasteiger partial charge in [0.1, 0.15) is 0 Å². The zero-order chi connectivity index (χ0) is 25.8. The second-order valence-corrected chi connectivity index (χ2v) is 9.49. The van der Waals surface area contributed by atoms with Gasteiger partial charge < -0.3 is 20.9 Å². The van der Waals surface area contributed by atoms with Gasteiger partial charge in [-0.3, -0.25) is 9.59 Å². The number of para-hydroxylation sites is 1. The maximum absolute atomic E-state index is 12.8. The highest BCUT2D eigenvalue weighted by atomic mass is 35.5. The Bertz CT molecular complexity index is 1460. The van der Waals surface area contributed by atoms with Gasteiger partial charge in [0, 0.05) is 46.0 Å². The van der Waals surface area contributed by atoms with Crippen LogP contribution < -0.4 is 16.0 Å². The first kappa shape index (κ1) is 24.5. The van der Waals surface area contributed by atoms with Crippen molar-refractivity contribution in [1.82, 2.24) is 20.3 Å². The van der Waals surface area contributed by atoms with Crippen LogP contribution >= 0.6 is 11.6 Å². The fourth-order valence-electron chi connectivity index (χ4n) is 4.66. The van der Waals surface area contributed by atoms with Gasteiger partial charge in [-0.25, -0.2) is 9.97 Å². The monoisotopic (exact) mass is 514 g/mol. The van der Waals surface area contributed by atoms with Gasteiger partial charge in [0.15, 0.2) is 0 Å². The van der Waals surface area contributed by atoms with Gasteiger partial charge >= 0.3 is 0 Å². The summed E-state index contributed by atoms with van der Waals surface area (Å²) in [7, 11) is 0. The highest BCUT2D eigenvalue weighted by Crippen LogP contribution is 2.32. The molecule has 0 spiro atoms. The highest BCUT2D eigenvalue weighted by molar-refractivity contribution is 6.33. The van der Waals surface area contributed by atoms with Crippen molar-refractivity contribution in [3.63, 3.8) is 0 Å². The van der Waals surface area contributed by atoms with Crippen LogP contribution in [0.2, 0.25) is 5.02 Å². The number of aromatic nitrogens is 3. The van der Waals surface area contributed by atoms with E-state index in [9.17, 15) is 9.59 Å². The van der Waals surface area contributed by atoms with Gasteiger partial charge in [-0.15, -0.1) is 0 Å². The smallest absolute Gasteiger partial charge is 0.251 e. The number of carbonyl (C=O) groups excluding carboxylic acids is 2. The predicted octanol–water partition coefficient (Wildman–Crippen LogP) is 5.56. The van der Waals surface area contributed by atoms with E-state index in [2.05, 4.69) is 32.5 Å². The number of aromatic amines is 1. The summed E-state index contributed by atoms with van der Waals surface area (Å²) in [6.07, 6.45) is 8.14. The van der Waals surface area contributed by atoms with Crippen molar-refractivity contribution in [3.8, 4) is 11.3 Å². The lowest BCUT2D eigenvalue weighted by atomic mass is 9.91. The average Bonchev–Trinajstić information content (AvgIpc) is 3.35. The molecular weight excluding hydrogens is 488 g/mol. The minimum absolute atomic E-state index is 0.0740. The fraction of sp³-hybridized carbons (Fsp3) is 0.214. The second kappa shape index (κ2) is 10.8. The first-order chi connectivity index (χ1) is 18.0. The zero-order valence-electron chi connectivity index (χ0n) is 20.1. The minimum Gasteiger partial charge on any atom is -0.360 e. The lowest BCUT2D eigenvalue weighted by molar-refractivity contribution is -0.111. The Balaban J connectivity index is 1.18. The molecule has 0 radical (unpaired) electrons. The predicted molar refractivity (Wildman–Crippen MR) is 147 cm³/mol. The van der Waals surface area contributed by atoms with Gasteiger partial charge in [0.25, 0.3) is 5.91 Å². The molecule has 4 N–H and O–H groups in total. The van der Waals surface area contributed by atoms with Crippen molar-refractivity contribution in [3.05, 3.63) is 84.2 Å². The molecule has 4 aromatic rings. The van der Waals surface area contributed by atoms with Crippen LogP contribution in [-0.2, 0) is 4.79 Å². The van der Waals surface area contributed by atoms with E-state index < -0.39 is 0 Å². The molecule has 9 heteroatoms.